The SMILES string of the molecule is C=C/C(=C\C)C1NC(c2ccccc2)=CC(c2ccc(C)cc2)N1. The number of benzene rings is 2. The fourth-order valence-corrected chi connectivity index (χ4v) is 2.99. The van der Waals surface area contributed by atoms with Gasteiger partial charge in [-0.05, 0) is 36.6 Å². The highest BCUT2D eigenvalue weighted by Gasteiger charge is 2.23. The maximum absolute atomic E-state index is 3.95. The first kappa shape index (κ1) is 16.3. The van der Waals surface area contributed by atoms with Crippen molar-refractivity contribution < 1.29 is 0 Å². The Morgan fingerprint density at radius 3 is 2.38 bits per heavy atom. The Morgan fingerprint density at radius 2 is 1.75 bits per heavy atom. The molecule has 2 unspecified atom stereocenters. The van der Waals surface area contributed by atoms with Crippen LogP contribution in [0.4, 0.5) is 0 Å². The third-order valence-electron chi connectivity index (χ3n) is 4.40. The summed E-state index contributed by atoms with van der Waals surface area (Å²) in [4.78, 5) is 0. The molecule has 24 heavy (non-hydrogen) atoms. The second-order valence-corrected chi connectivity index (χ2v) is 6.07. The molecule has 0 spiro atoms. The van der Waals surface area contributed by atoms with E-state index in [1.165, 1.54) is 16.7 Å². The van der Waals surface area contributed by atoms with Crippen LogP contribution in [-0.2, 0) is 0 Å². The first-order valence-electron chi connectivity index (χ1n) is 8.36. The highest BCUT2D eigenvalue weighted by Crippen LogP contribution is 2.26. The number of rotatable bonds is 4. The number of nitrogens with one attached hydrogen (secondary N) is 2. The van der Waals surface area contributed by atoms with E-state index in [9.17, 15) is 0 Å². The van der Waals surface area contributed by atoms with Crippen LogP contribution in [0.2, 0.25) is 0 Å². The standard InChI is InChI=1S/C22H24N2/c1-4-17(5-2)22-23-20(18-9-7-6-8-10-18)15-21(24-22)19-13-11-16(3)12-14-19/h4-15,21-24H,1H2,2-3H3/b17-5+. The molecule has 2 nitrogen and oxygen atoms in total. The maximum atomic E-state index is 3.95. The largest absolute Gasteiger partial charge is 0.366 e. The molecule has 0 fully saturated rings. The summed E-state index contributed by atoms with van der Waals surface area (Å²) < 4.78 is 0. The third-order valence-corrected chi connectivity index (χ3v) is 4.40. The van der Waals surface area contributed by atoms with Crippen LogP contribution in [0.15, 0.2) is 85.0 Å². The van der Waals surface area contributed by atoms with Crippen LogP contribution < -0.4 is 10.6 Å². The van der Waals surface area contributed by atoms with Gasteiger partial charge in [0.05, 0.1) is 6.04 Å². The second-order valence-electron chi connectivity index (χ2n) is 6.07. The highest BCUT2D eigenvalue weighted by molar-refractivity contribution is 5.66. The van der Waals surface area contributed by atoms with Crippen molar-refractivity contribution in [2.75, 3.05) is 0 Å². The van der Waals surface area contributed by atoms with Crippen LogP contribution in [0.3, 0.4) is 0 Å². The lowest BCUT2D eigenvalue weighted by atomic mass is 9.98. The summed E-state index contributed by atoms with van der Waals surface area (Å²) in [5.74, 6) is 0. The Balaban J connectivity index is 1.99. The predicted octanol–water partition coefficient (Wildman–Crippen LogP) is 4.73. The average Bonchev–Trinajstić information content (AvgIpc) is 2.64. The van der Waals surface area contributed by atoms with Gasteiger partial charge in [0.25, 0.3) is 0 Å². The van der Waals surface area contributed by atoms with Crippen molar-refractivity contribution in [1.82, 2.24) is 10.6 Å². The molecule has 0 radical (unpaired) electrons. The van der Waals surface area contributed by atoms with Gasteiger partial charge in [-0.25, -0.2) is 0 Å². The molecule has 0 aliphatic carbocycles. The van der Waals surface area contributed by atoms with E-state index in [2.05, 4.69) is 84.8 Å². The summed E-state index contributed by atoms with van der Waals surface area (Å²) in [5.41, 5.74) is 6.03. The molecule has 0 saturated carbocycles. The van der Waals surface area contributed by atoms with Gasteiger partial charge in [0.2, 0.25) is 0 Å². The zero-order valence-electron chi connectivity index (χ0n) is 14.3. The summed E-state index contributed by atoms with van der Waals surface area (Å²) >= 11 is 0. The summed E-state index contributed by atoms with van der Waals surface area (Å²) in [7, 11) is 0. The van der Waals surface area contributed by atoms with E-state index in [4.69, 9.17) is 0 Å². The van der Waals surface area contributed by atoms with Gasteiger partial charge in [-0.15, -0.1) is 0 Å². The molecule has 1 aliphatic heterocycles. The summed E-state index contributed by atoms with van der Waals surface area (Å²) in [6.45, 7) is 8.10. The lowest BCUT2D eigenvalue weighted by Crippen LogP contribution is -2.47. The van der Waals surface area contributed by atoms with E-state index < -0.39 is 0 Å². The van der Waals surface area contributed by atoms with Gasteiger partial charge >= 0.3 is 0 Å². The van der Waals surface area contributed by atoms with E-state index in [1.54, 1.807) is 0 Å². The van der Waals surface area contributed by atoms with Gasteiger partial charge < -0.3 is 5.32 Å². The van der Waals surface area contributed by atoms with E-state index in [1.807, 2.05) is 19.1 Å². The van der Waals surface area contributed by atoms with Crippen molar-refractivity contribution in [3.63, 3.8) is 0 Å². The Morgan fingerprint density at radius 1 is 1.04 bits per heavy atom. The first-order valence-corrected chi connectivity index (χ1v) is 8.36. The summed E-state index contributed by atoms with van der Waals surface area (Å²) in [6, 6.07) is 19.3. The number of aryl methyl sites for hydroxylation is 1. The van der Waals surface area contributed by atoms with Crippen LogP contribution >= 0.6 is 0 Å². The maximum Gasteiger partial charge on any atom is 0.104 e. The second kappa shape index (κ2) is 7.33. The van der Waals surface area contributed by atoms with E-state index in [0.29, 0.717) is 0 Å². The Bertz CT molecular complexity index is 754. The normalized spacial score (nSPS) is 20.9. The molecule has 0 bridgehead atoms. The minimum Gasteiger partial charge on any atom is -0.366 e. The molecule has 0 aromatic heterocycles. The van der Waals surface area contributed by atoms with Gasteiger partial charge in [0.15, 0.2) is 0 Å². The lowest BCUT2D eigenvalue weighted by Gasteiger charge is -2.33. The van der Waals surface area contributed by atoms with Gasteiger partial charge in [0.1, 0.15) is 6.17 Å². The highest BCUT2D eigenvalue weighted by atomic mass is 15.2. The molecule has 0 amide bonds. The quantitative estimate of drug-likeness (QED) is 0.797. The summed E-state index contributed by atoms with van der Waals surface area (Å²) in [6.07, 6.45) is 6.30. The van der Waals surface area contributed by atoms with Crippen LogP contribution in [0.5, 0.6) is 0 Å². The molecule has 122 valence electrons. The number of hydrogen-bond donors (Lipinski definition) is 2. The fraction of sp³-hybridized carbons (Fsp3) is 0.182. The monoisotopic (exact) mass is 316 g/mol. The van der Waals surface area contributed by atoms with Crippen molar-refractivity contribution in [3.8, 4) is 0 Å². The Labute approximate surface area is 144 Å². The van der Waals surface area contributed by atoms with Crippen molar-refractivity contribution in [2.24, 2.45) is 0 Å². The van der Waals surface area contributed by atoms with Crippen LogP contribution in [0, 0.1) is 6.92 Å². The molecule has 0 saturated heterocycles. The smallest absolute Gasteiger partial charge is 0.104 e. The van der Waals surface area contributed by atoms with Crippen molar-refractivity contribution in [1.29, 1.82) is 0 Å². The van der Waals surface area contributed by atoms with Crippen molar-refractivity contribution in [3.05, 3.63) is 102 Å². The predicted molar refractivity (Wildman–Crippen MR) is 102 cm³/mol. The van der Waals surface area contributed by atoms with E-state index in [-0.39, 0.29) is 12.2 Å². The van der Waals surface area contributed by atoms with Gasteiger partial charge in [-0.3, -0.25) is 5.32 Å². The molecule has 2 aromatic rings. The molecule has 2 aromatic carbocycles. The van der Waals surface area contributed by atoms with Crippen LogP contribution in [0.25, 0.3) is 5.70 Å². The summed E-state index contributed by atoms with van der Waals surface area (Å²) in [5, 5.41) is 7.26. The molecular weight excluding hydrogens is 292 g/mol. The molecular formula is C22H24N2. The van der Waals surface area contributed by atoms with Gasteiger partial charge in [-0.2, -0.15) is 0 Å². The lowest BCUT2D eigenvalue weighted by molar-refractivity contribution is 0.480. The topological polar surface area (TPSA) is 24.1 Å². The van der Waals surface area contributed by atoms with Crippen LogP contribution in [-0.4, -0.2) is 6.17 Å². The minimum atomic E-state index is 0.0407. The molecule has 1 aliphatic rings. The minimum absolute atomic E-state index is 0.0407. The van der Waals surface area contributed by atoms with E-state index in [0.717, 1.165) is 11.3 Å². The molecule has 3 rings (SSSR count). The first-order chi connectivity index (χ1) is 11.7. The number of hydrogen-bond acceptors (Lipinski definition) is 2. The van der Waals surface area contributed by atoms with Gasteiger partial charge in [0, 0.05) is 5.70 Å². The van der Waals surface area contributed by atoms with E-state index >= 15 is 0 Å². The molecule has 2 N–H and O–H groups in total. The van der Waals surface area contributed by atoms with Gasteiger partial charge in [-0.1, -0.05) is 78.9 Å². The fourth-order valence-electron chi connectivity index (χ4n) is 2.99. The Kier molecular flexibility index (Phi) is 4.97. The zero-order chi connectivity index (χ0) is 16.9. The third kappa shape index (κ3) is 3.50. The Hall–Kier alpha value is -2.58. The molecule has 1 heterocycles. The molecule has 2 atom stereocenters. The average molecular weight is 316 g/mol. The number of allylic oxidation sites excluding steroid dienone is 1. The van der Waals surface area contributed by atoms with Crippen molar-refractivity contribution in [2.45, 2.75) is 26.1 Å². The zero-order valence-corrected chi connectivity index (χ0v) is 14.3. The van der Waals surface area contributed by atoms with Crippen molar-refractivity contribution >= 4 is 5.70 Å². The molecule has 2 heteroatoms. The van der Waals surface area contributed by atoms with Crippen LogP contribution in [0.1, 0.15) is 29.7 Å².